The average molecular weight is 210 g/mol. The Kier molecular flexibility index (Phi) is 4.04. The minimum Gasteiger partial charge on any atom is -0.316 e. The van der Waals surface area contributed by atoms with Gasteiger partial charge in [-0.25, -0.2) is 0 Å². The van der Waals surface area contributed by atoms with Crippen molar-refractivity contribution in [2.24, 2.45) is 11.8 Å². The fourth-order valence-corrected chi connectivity index (χ4v) is 3.35. The van der Waals surface area contributed by atoms with Crippen molar-refractivity contribution in [1.82, 2.24) is 10.2 Å². The summed E-state index contributed by atoms with van der Waals surface area (Å²) in [4.78, 5) is 2.77. The average Bonchev–Trinajstić information content (AvgIpc) is 2.68. The zero-order chi connectivity index (χ0) is 10.7. The van der Waals surface area contributed by atoms with Gasteiger partial charge in [-0.05, 0) is 50.7 Å². The summed E-state index contributed by atoms with van der Waals surface area (Å²) >= 11 is 0. The Balaban J connectivity index is 1.83. The van der Waals surface area contributed by atoms with Crippen LogP contribution in [0.15, 0.2) is 0 Å². The van der Waals surface area contributed by atoms with E-state index < -0.39 is 0 Å². The second-order valence-corrected chi connectivity index (χ2v) is 5.48. The van der Waals surface area contributed by atoms with Crippen molar-refractivity contribution < 1.29 is 0 Å². The molecular weight excluding hydrogens is 184 g/mol. The van der Waals surface area contributed by atoms with Gasteiger partial charge in [0.15, 0.2) is 0 Å². The quantitative estimate of drug-likeness (QED) is 0.767. The molecule has 0 saturated carbocycles. The van der Waals surface area contributed by atoms with Crippen molar-refractivity contribution >= 4 is 0 Å². The van der Waals surface area contributed by atoms with E-state index in [0.717, 1.165) is 17.9 Å². The lowest BCUT2D eigenvalue weighted by Gasteiger charge is -2.36. The molecule has 0 aromatic carbocycles. The van der Waals surface area contributed by atoms with Gasteiger partial charge in [0.1, 0.15) is 0 Å². The predicted molar refractivity (Wildman–Crippen MR) is 65.0 cm³/mol. The van der Waals surface area contributed by atoms with E-state index >= 15 is 0 Å². The summed E-state index contributed by atoms with van der Waals surface area (Å²) in [7, 11) is 0. The van der Waals surface area contributed by atoms with E-state index in [2.05, 4.69) is 24.1 Å². The van der Waals surface area contributed by atoms with Crippen LogP contribution in [-0.2, 0) is 0 Å². The molecule has 15 heavy (non-hydrogen) atoms. The fourth-order valence-electron chi connectivity index (χ4n) is 3.35. The van der Waals surface area contributed by atoms with Gasteiger partial charge in [0, 0.05) is 12.6 Å². The third-order valence-corrected chi connectivity index (χ3v) is 4.22. The summed E-state index contributed by atoms with van der Waals surface area (Å²) in [5.74, 6) is 1.84. The molecule has 2 heteroatoms. The number of hydrogen-bond acceptors (Lipinski definition) is 2. The molecule has 1 N–H and O–H groups in total. The number of likely N-dealkylation sites (tertiary alicyclic amines) is 1. The zero-order valence-corrected chi connectivity index (χ0v) is 10.3. The first-order chi connectivity index (χ1) is 7.31. The van der Waals surface area contributed by atoms with E-state index in [9.17, 15) is 0 Å². The van der Waals surface area contributed by atoms with Gasteiger partial charge in [0.25, 0.3) is 0 Å². The van der Waals surface area contributed by atoms with Gasteiger partial charge in [-0.15, -0.1) is 0 Å². The van der Waals surface area contributed by atoms with Crippen LogP contribution in [0.1, 0.15) is 39.5 Å². The molecule has 2 aliphatic rings. The molecule has 0 aromatic rings. The smallest absolute Gasteiger partial charge is 0.0145 e. The van der Waals surface area contributed by atoms with E-state index in [4.69, 9.17) is 0 Å². The van der Waals surface area contributed by atoms with Gasteiger partial charge >= 0.3 is 0 Å². The monoisotopic (exact) mass is 210 g/mol. The molecule has 0 amide bonds. The number of piperidine rings is 1. The predicted octanol–water partition coefficient (Wildman–Crippen LogP) is 2.11. The van der Waals surface area contributed by atoms with Gasteiger partial charge in [-0.2, -0.15) is 0 Å². The van der Waals surface area contributed by atoms with Crippen molar-refractivity contribution in [2.45, 2.75) is 45.6 Å². The highest BCUT2D eigenvalue weighted by atomic mass is 15.2. The van der Waals surface area contributed by atoms with E-state index in [1.54, 1.807) is 0 Å². The molecule has 3 unspecified atom stereocenters. The van der Waals surface area contributed by atoms with Crippen LogP contribution in [0.25, 0.3) is 0 Å². The summed E-state index contributed by atoms with van der Waals surface area (Å²) in [6, 6.07) is 0.869. The summed E-state index contributed by atoms with van der Waals surface area (Å²) in [6.45, 7) is 9.91. The SMILES string of the molecule is CCCC1CCN(C2CCNCC2C)C1. The summed E-state index contributed by atoms with van der Waals surface area (Å²) < 4.78 is 0. The first-order valence-electron chi connectivity index (χ1n) is 6.76. The van der Waals surface area contributed by atoms with E-state index in [1.165, 1.54) is 51.9 Å². The normalized spacial score (nSPS) is 38.4. The van der Waals surface area contributed by atoms with E-state index in [-0.39, 0.29) is 0 Å². The molecule has 0 spiro atoms. The first kappa shape index (κ1) is 11.4. The van der Waals surface area contributed by atoms with Crippen LogP contribution in [0.2, 0.25) is 0 Å². The lowest BCUT2D eigenvalue weighted by Crippen LogP contribution is -2.47. The maximum absolute atomic E-state index is 3.50. The van der Waals surface area contributed by atoms with Gasteiger partial charge < -0.3 is 5.32 Å². The Morgan fingerprint density at radius 3 is 2.93 bits per heavy atom. The van der Waals surface area contributed by atoms with Crippen molar-refractivity contribution in [3.63, 3.8) is 0 Å². The Labute approximate surface area is 94.4 Å². The minimum atomic E-state index is 0.846. The molecule has 2 nitrogen and oxygen atoms in total. The topological polar surface area (TPSA) is 15.3 Å². The van der Waals surface area contributed by atoms with Crippen molar-refractivity contribution in [1.29, 1.82) is 0 Å². The Morgan fingerprint density at radius 1 is 1.33 bits per heavy atom. The van der Waals surface area contributed by atoms with Gasteiger partial charge in [0.05, 0.1) is 0 Å². The standard InChI is InChI=1S/C13H26N2/c1-3-4-12-6-8-15(10-12)13-5-7-14-9-11(13)2/h11-14H,3-10H2,1-2H3. The Bertz CT molecular complexity index is 193. The lowest BCUT2D eigenvalue weighted by molar-refractivity contribution is 0.142. The Morgan fingerprint density at radius 2 is 2.20 bits per heavy atom. The largest absolute Gasteiger partial charge is 0.316 e. The summed E-state index contributed by atoms with van der Waals surface area (Å²) in [6.07, 6.45) is 5.61. The van der Waals surface area contributed by atoms with E-state index in [0.29, 0.717) is 0 Å². The van der Waals surface area contributed by atoms with Gasteiger partial charge in [0.2, 0.25) is 0 Å². The maximum atomic E-state index is 3.50. The summed E-state index contributed by atoms with van der Waals surface area (Å²) in [5.41, 5.74) is 0. The van der Waals surface area contributed by atoms with Gasteiger partial charge in [-0.1, -0.05) is 20.3 Å². The summed E-state index contributed by atoms with van der Waals surface area (Å²) in [5, 5.41) is 3.50. The number of nitrogens with zero attached hydrogens (tertiary/aromatic N) is 1. The van der Waals surface area contributed by atoms with Crippen LogP contribution in [0.5, 0.6) is 0 Å². The third kappa shape index (κ3) is 2.73. The van der Waals surface area contributed by atoms with Gasteiger partial charge in [-0.3, -0.25) is 4.90 Å². The molecule has 0 bridgehead atoms. The molecule has 0 radical (unpaired) electrons. The Hall–Kier alpha value is -0.0800. The number of hydrogen-bond donors (Lipinski definition) is 1. The molecular formula is C13H26N2. The maximum Gasteiger partial charge on any atom is 0.0145 e. The molecule has 3 atom stereocenters. The highest BCUT2D eigenvalue weighted by Crippen LogP contribution is 2.27. The first-order valence-corrected chi connectivity index (χ1v) is 6.76. The highest BCUT2D eigenvalue weighted by molar-refractivity contribution is 4.87. The molecule has 2 fully saturated rings. The molecule has 88 valence electrons. The minimum absolute atomic E-state index is 0.846. The lowest BCUT2D eigenvalue weighted by atomic mass is 9.94. The third-order valence-electron chi connectivity index (χ3n) is 4.22. The van der Waals surface area contributed by atoms with Crippen LogP contribution in [0.3, 0.4) is 0 Å². The van der Waals surface area contributed by atoms with Crippen LogP contribution in [0.4, 0.5) is 0 Å². The van der Waals surface area contributed by atoms with Crippen LogP contribution in [0, 0.1) is 11.8 Å². The van der Waals surface area contributed by atoms with Crippen LogP contribution >= 0.6 is 0 Å². The van der Waals surface area contributed by atoms with Crippen LogP contribution in [-0.4, -0.2) is 37.1 Å². The van der Waals surface area contributed by atoms with Crippen molar-refractivity contribution in [3.8, 4) is 0 Å². The highest BCUT2D eigenvalue weighted by Gasteiger charge is 2.31. The molecule has 2 rings (SSSR count). The molecule has 0 aromatic heterocycles. The second kappa shape index (κ2) is 5.31. The molecule has 2 heterocycles. The van der Waals surface area contributed by atoms with Crippen molar-refractivity contribution in [3.05, 3.63) is 0 Å². The van der Waals surface area contributed by atoms with E-state index in [1.807, 2.05) is 0 Å². The number of rotatable bonds is 3. The zero-order valence-electron chi connectivity index (χ0n) is 10.3. The fraction of sp³-hybridized carbons (Fsp3) is 1.00. The number of nitrogens with one attached hydrogen (secondary N) is 1. The molecule has 2 saturated heterocycles. The second-order valence-electron chi connectivity index (χ2n) is 5.48. The molecule has 0 aliphatic carbocycles. The van der Waals surface area contributed by atoms with Crippen molar-refractivity contribution in [2.75, 3.05) is 26.2 Å². The molecule has 2 aliphatic heterocycles. The van der Waals surface area contributed by atoms with Crippen LogP contribution < -0.4 is 5.32 Å².